The molecule has 0 radical (unpaired) electrons. The first-order valence-corrected chi connectivity index (χ1v) is 5.25. The molecular weight excluding hydrogens is 200 g/mol. The molecule has 0 aliphatic carbocycles. The summed E-state index contributed by atoms with van der Waals surface area (Å²) in [6.45, 7) is 10.2. The van der Waals surface area contributed by atoms with Crippen LogP contribution in [0.3, 0.4) is 0 Å². The van der Waals surface area contributed by atoms with E-state index in [1.807, 2.05) is 32.9 Å². The second-order valence-electron chi connectivity index (χ2n) is 4.29. The molecule has 0 aliphatic rings. The van der Waals surface area contributed by atoms with E-state index in [1.54, 1.807) is 10.6 Å². The normalized spacial score (nSPS) is 10.2. The minimum Gasteiger partial charge on any atom is -0.307 e. The Labute approximate surface area is 95.6 Å². The minimum atomic E-state index is -0.225. The second-order valence-corrected chi connectivity index (χ2v) is 4.29. The van der Waals surface area contributed by atoms with Gasteiger partial charge in [0.15, 0.2) is 0 Å². The number of rotatable bonds is 3. The van der Waals surface area contributed by atoms with Gasteiger partial charge in [0, 0.05) is 12.2 Å². The average molecular weight is 216 g/mol. The van der Waals surface area contributed by atoms with Crippen LogP contribution in [0.4, 0.5) is 0 Å². The summed E-state index contributed by atoms with van der Waals surface area (Å²) >= 11 is 0. The molecule has 0 spiro atoms. The van der Waals surface area contributed by atoms with Crippen LogP contribution in [0.15, 0.2) is 29.1 Å². The highest BCUT2D eigenvalue weighted by atomic mass is 16.1. The molecule has 0 fully saturated rings. The van der Waals surface area contributed by atoms with Crippen molar-refractivity contribution in [2.24, 2.45) is 0 Å². The summed E-state index contributed by atoms with van der Waals surface area (Å²) < 4.78 is 1.63. The molecule has 0 saturated heterocycles. The Morgan fingerprint density at radius 2 is 2.19 bits per heavy atom. The number of pyridine rings is 1. The Kier molecular flexibility index (Phi) is 3.68. The molecule has 1 aromatic rings. The predicted octanol–water partition coefficient (Wildman–Crippen LogP) is 2.42. The van der Waals surface area contributed by atoms with Gasteiger partial charge < -0.3 is 4.57 Å². The molecule has 16 heavy (non-hydrogen) atoms. The lowest BCUT2D eigenvalue weighted by Crippen LogP contribution is -2.26. The monoisotopic (exact) mass is 216 g/mol. The smallest absolute Gasteiger partial charge is 0.268 e. The van der Waals surface area contributed by atoms with Crippen molar-refractivity contribution in [3.05, 3.63) is 45.9 Å². The molecule has 1 aromatic heterocycles. The summed E-state index contributed by atoms with van der Waals surface area (Å²) in [5, 5.41) is 8.82. The van der Waals surface area contributed by atoms with Gasteiger partial charge in [-0.05, 0) is 25.0 Å². The van der Waals surface area contributed by atoms with Gasteiger partial charge in [0.25, 0.3) is 5.56 Å². The summed E-state index contributed by atoms with van der Waals surface area (Å²) in [7, 11) is 0. The molecule has 0 N–H and O–H groups in total. The van der Waals surface area contributed by atoms with Gasteiger partial charge >= 0.3 is 0 Å². The van der Waals surface area contributed by atoms with E-state index >= 15 is 0 Å². The van der Waals surface area contributed by atoms with Crippen molar-refractivity contribution >= 4 is 0 Å². The van der Waals surface area contributed by atoms with Crippen molar-refractivity contribution in [1.82, 2.24) is 4.57 Å². The number of hydrogen-bond donors (Lipinski definition) is 0. The summed E-state index contributed by atoms with van der Waals surface area (Å²) in [6.07, 6.45) is 0. The molecule has 0 bridgehead atoms. The molecule has 84 valence electrons. The van der Waals surface area contributed by atoms with Crippen LogP contribution in [0.2, 0.25) is 0 Å². The topological polar surface area (TPSA) is 45.8 Å². The van der Waals surface area contributed by atoms with Crippen LogP contribution < -0.4 is 5.56 Å². The predicted molar refractivity (Wildman–Crippen MR) is 64.3 cm³/mol. The molecular formula is C13H16N2O. The van der Waals surface area contributed by atoms with E-state index in [4.69, 9.17) is 5.26 Å². The minimum absolute atomic E-state index is 0.186. The van der Waals surface area contributed by atoms with Gasteiger partial charge in [0.1, 0.15) is 11.6 Å². The number of hydrogen-bond acceptors (Lipinski definition) is 2. The second kappa shape index (κ2) is 4.80. The molecule has 0 atom stereocenters. The van der Waals surface area contributed by atoms with E-state index in [2.05, 4.69) is 6.58 Å². The number of allylic oxidation sites excluding steroid dienone is 1. The number of nitriles is 1. The quantitative estimate of drug-likeness (QED) is 0.728. The van der Waals surface area contributed by atoms with Crippen LogP contribution in [-0.4, -0.2) is 4.57 Å². The maximum Gasteiger partial charge on any atom is 0.268 e. The van der Waals surface area contributed by atoms with E-state index in [9.17, 15) is 4.79 Å². The van der Waals surface area contributed by atoms with Crippen molar-refractivity contribution in [2.75, 3.05) is 0 Å². The van der Waals surface area contributed by atoms with Crippen LogP contribution in [0, 0.1) is 11.3 Å². The van der Waals surface area contributed by atoms with Gasteiger partial charge in [-0.1, -0.05) is 26.0 Å². The Balaban J connectivity index is 3.44. The standard InChI is InChI=1S/C13H16N2O/c1-9(2)8-15-12(10(3)4)6-5-11(7-14)13(15)16/h5-6,10H,1,8H2,2-4H3. The first-order chi connectivity index (χ1) is 7.47. The largest absolute Gasteiger partial charge is 0.307 e. The lowest BCUT2D eigenvalue weighted by molar-refractivity contribution is 0.652. The van der Waals surface area contributed by atoms with Crippen molar-refractivity contribution in [2.45, 2.75) is 33.2 Å². The maximum atomic E-state index is 12.0. The molecule has 0 saturated carbocycles. The molecule has 1 heterocycles. The van der Waals surface area contributed by atoms with Crippen LogP contribution in [-0.2, 0) is 6.54 Å². The molecule has 3 nitrogen and oxygen atoms in total. The average Bonchev–Trinajstić information content (AvgIpc) is 2.19. The third-order valence-electron chi connectivity index (χ3n) is 2.35. The first kappa shape index (κ1) is 12.3. The summed E-state index contributed by atoms with van der Waals surface area (Å²) in [5.74, 6) is 0.250. The van der Waals surface area contributed by atoms with Crippen LogP contribution in [0.25, 0.3) is 0 Å². The number of aromatic nitrogens is 1. The summed E-state index contributed by atoms with van der Waals surface area (Å²) in [6, 6.07) is 5.34. The SMILES string of the molecule is C=C(C)Cn1c(C(C)C)ccc(C#N)c1=O. The Morgan fingerprint density at radius 3 is 2.62 bits per heavy atom. The molecule has 0 aromatic carbocycles. The van der Waals surface area contributed by atoms with Crippen molar-refractivity contribution < 1.29 is 0 Å². The highest BCUT2D eigenvalue weighted by Crippen LogP contribution is 2.13. The lowest BCUT2D eigenvalue weighted by atomic mass is 10.1. The van der Waals surface area contributed by atoms with Crippen molar-refractivity contribution in [3.8, 4) is 6.07 Å². The van der Waals surface area contributed by atoms with Gasteiger partial charge in [-0.3, -0.25) is 4.79 Å². The van der Waals surface area contributed by atoms with Crippen LogP contribution >= 0.6 is 0 Å². The Bertz CT molecular complexity index is 504. The van der Waals surface area contributed by atoms with Crippen molar-refractivity contribution in [1.29, 1.82) is 5.26 Å². The van der Waals surface area contributed by atoms with E-state index in [-0.39, 0.29) is 17.0 Å². The fourth-order valence-corrected chi connectivity index (χ4v) is 1.61. The zero-order valence-electron chi connectivity index (χ0n) is 9.95. The van der Waals surface area contributed by atoms with Gasteiger partial charge in [-0.15, -0.1) is 0 Å². The molecule has 0 aliphatic heterocycles. The Morgan fingerprint density at radius 1 is 1.56 bits per heavy atom. The van der Waals surface area contributed by atoms with E-state index < -0.39 is 0 Å². The van der Waals surface area contributed by atoms with Crippen LogP contribution in [0.5, 0.6) is 0 Å². The summed E-state index contributed by atoms with van der Waals surface area (Å²) in [4.78, 5) is 12.0. The van der Waals surface area contributed by atoms with Gasteiger partial charge in [-0.25, -0.2) is 0 Å². The molecule has 0 amide bonds. The third-order valence-corrected chi connectivity index (χ3v) is 2.35. The lowest BCUT2D eigenvalue weighted by Gasteiger charge is -2.15. The fraction of sp³-hybridized carbons (Fsp3) is 0.385. The summed E-state index contributed by atoms with van der Waals surface area (Å²) in [5.41, 5.74) is 1.80. The maximum absolute atomic E-state index is 12.0. The van der Waals surface area contributed by atoms with Crippen molar-refractivity contribution in [3.63, 3.8) is 0 Å². The molecule has 0 unspecified atom stereocenters. The van der Waals surface area contributed by atoms with E-state index in [0.717, 1.165) is 11.3 Å². The van der Waals surface area contributed by atoms with Gasteiger partial charge in [0.05, 0.1) is 0 Å². The van der Waals surface area contributed by atoms with E-state index in [0.29, 0.717) is 6.54 Å². The zero-order valence-corrected chi connectivity index (χ0v) is 9.95. The number of nitrogens with zero attached hydrogens (tertiary/aromatic N) is 2. The highest BCUT2D eigenvalue weighted by molar-refractivity contribution is 5.29. The van der Waals surface area contributed by atoms with Gasteiger partial charge in [0.2, 0.25) is 0 Å². The van der Waals surface area contributed by atoms with Crippen LogP contribution in [0.1, 0.15) is 37.9 Å². The molecule has 3 heteroatoms. The Hall–Kier alpha value is -1.82. The van der Waals surface area contributed by atoms with Gasteiger partial charge in [-0.2, -0.15) is 5.26 Å². The molecule has 1 rings (SSSR count). The third kappa shape index (κ3) is 2.40. The highest BCUT2D eigenvalue weighted by Gasteiger charge is 2.10. The zero-order chi connectivity index (χ0) is 12.3. The fourth-order valence-electron chi connectivity index (χ4n) is 1.61. The van der Waals surface area contributed by atoms with E-state index in [1.165, 1.54) is 0 Å². The first-order valence-electron chi connectivity index (χ1n) is 5.25.